The molecule has 1 unspecified atom stereocenters. The lowest BCUT2D eigenvalue weighted by molar-refractivity contribution is -0.131. The van der Waals surface area contributed by atoms with Crippen LogP contribution in [-0.2, 0) is 39.0 Å². The molecule has 566 valence electrons. The number of carbonyl (C=O) groups excluding carboxylic acids is 10. The highest BCUT2D eigenvalue weighted by atomic mass is 32.2. The average molecular weight is 1550 g/mol. The number of ether oxygens (including phenoxy) is 1. The number of thioether (sulfide) groups is 1. The average Bonchev–Trinajstić information content (AvgIpc) is 1.45. The summed E-state index contributed by atoms with van der Waals surface area (Å²) >= 11 is 5.03. The fourth-order valence-electron chi connectivity index (χ4n) is 12.8. The first-order valence-corrected chi connectivity index (χ1v) is 39.3. The molecular formula is C72H87N13O16S5. The molecular weight excluding hydrogens is 1460 g/mol. The Morgan fingerprint density at radius 2 is 1.47 bits per heavy atom. The molecule has 13 bridgehead atoms. The number of hydrogen-bond donors (Lipinski definition) is 11. The van der Waals surface area contributed by atoms with Gasteiger partial charge >= 0.3 is 5.97 Å². The van der Waals surface area contributed by atoms with E-state index in [2.05, 4.69) is 53.4 Å². The van der Waals surface area contributed by atoms with Gasteiger partial charge in [0.1, 0.15) is 84.8 Å². The number of hydrogen-bond acceptors (Lipinski definition) is 29. The van der Waals surface area contributed by atoms with Crippen molar-refractivity contribution in [3.8, 4) is 0 Å². The van der Waals surface area contributed by atoms with Crippen molar-refractivity contribution in [3.63, 3.8) is 0 Å². The van der Waals surface area contributed by atoms with Gasteiger partial charge in [0, 0.05) is 75.8 Å². The van der Waals surface area contributed by atoms with E-state index in [4.69, 9.17) is 24.7 Å². The van der Waals surface area contributed by atoms with Gasteiger partial charge in [-0.1, -0.05) is 72.8 Å². The molecule has 0 saturated carbocycles. The molecule has 0 spiro atoms. The molecule has 10 rings (SSSR count). The van der Waals surface area contributed by atoms with E-state index in [9.17, 15) is 59.1 Å². The van der Waals surface area contributed by atoms with Gasteiger partial charge in [0.2, 0.25) is 17.7 Å². The van der Waals surface area contributed by atoms with Crippen molar-refractivity contribution in [2.24, 2.45) is 33.7 Å². The highest BCUT2D eigenvalue weighted by Gasteiger charge is 2.51. The van der Waals surface area contributed by atoms with Crippen LogP contribution in [0.1, 0.15) is 236 Å². The summed E-state index contributed by atoms with van der Waals surface area (Å²) in [5, 5.41) is 81.8. The normalized spacial score (nSPS) is 28.5. The minimum absolute atomic E-state index is 0.00895. The molecule has 5 amide bonds. The molecule has 5 aromatic heterocycles. The lowest BCUT2D eigenvalue weighted by atomic mass is 9.80. The predicted molar refractivity (Wildman–Crippen MR) is 398 cm³/mol. The third-order valence-corrected chi connectivity index (χ3v) is 24.7. The quantitative estimate of drug-likeness (QED) is 0.0437. The zero-order chi connectivity index (χ0) is 77.3. The fraction of sp³-hybridized carbons (Fsp3) is 0.514. The summed E-state index contributed by atoms with van der Waals surface area (Å²) in [4.78, 5) is 179. The molecule has 0 fully saturated rings. The first kappa shape index (κ1) is 80.4. The predicted octanol–water partition coefficient (Wildman–Crippen LogP) is 6.32. The molecule has 0 radical (unpaired) electrons. The Bertz CT molecular complexity index is 4430. The molecule has 9 heterocycles. The van der Waals surface area contributed by atoms with Gasteiger partial charge in [-0.05, 0) is 71.9 Å². The van der Waals surface area contributed by atoms with Crippen LogP contribution in [0.4, 0.5) is 0 Å². The Kier molecular flexibility index (Phi) is 25.1. The molecule has 34 heteroatoms. The topological polar surface area (TPSA) is 442 Å². The SMILES string of the molecule is C=C1NC(=O)[C@H](C)CC(=O)[C@H]([C@@H](C)CC)N[C@@H]2C=Cc3c([C@H](C)O)cc(nc3[C@H]2O)C(=O)O[C@H](C)[C@@H]2NC(=O)c3csc(n3)[C@H]([C@](C)(O)[C@@H](C)O)CC(=O)C3CSC(=N3)/C(=C/C)NC(=O)[C@H]([C@@H](C)O)NC(=O)c3csc(n3)[C@]3(CCC(c4nc(C(=O)C(C)C)cs4)=N[C@@H]3c3csc2n3)NC(=O)[C@H](C)CC1=O. The summed E-state index contributed by atoms with van der Waals surface area (Å²) in [5.74, 6) is -11.5. The number of aromatic nitrogens is 5. The van der Waals surface area contributed by atoms with E-state index in [1.165, 1.54) is 71.4 Å². The third kappa shape index (κ3) is 17.1. The zero-order valence-electron chi connectivity index (χ0n) is 60.4. The number of esters is 1. The van der Waals surface area contributed by atoms with Crippen molar-refractivity contribution < 1.29 is 78.2 Å². The standard InChI is InChI=1S/C72H87N13O16S5/c1-14-30(5)53-52(91)21-31(6)60(94)73-33(8)50(89)20-32(7)61(95)85-72-19-18-43(67-79-46(25-104-67)57(92)29(3)4)76-59(72)47-26-105-68(80-47)55(36(11)101-69(99)44-22-39(34(9)86)38-16-17-42(74-53)58(93)56(38)75-44)84-62(96)48-27-102-65(81-48)40(71(13,100)37(12)88)23-51(90)45-24-103-66(78-45)41(15-2)77-64(98)54(35(10)87)83-63(97)49-28-106-70(72)82-49/h15-17,22,25-32,34-37,40,42,45,53-55,58-59,74,86-88,93,100H,8,14,18-21,23-24H2,1-7,9-13H3,(H,73,94)(H,77,98)(H,83,97)(H,84,96)(H,85,95)/b41-15-/t30-,31+,32+,34-,35+,36+,37+,40+,42+,45?,53-,54-,55-,58-,59+,71+,72+/m0/s1. The van der Waals surface area contributed by atoms with E-state index in [1.54, 1.807) is 43.7 Å². The van der Waals surface area contributed by atoms with Crippen molar-refractivity contribution in [3.05, 3.63) is 123 Å². The van der Waals surface area contributed by atoms with Gasteiger partial charge in [-0.2, -0.15) is 0 Å². The Labute approximate surface area is 631 Å². The number of pyridine rings is 1. The molecule has 1 aliphatic carbocycles. The lowest BCUT2D eigenvalue weighted by Crippen LogP contribution is -2.54. The minimum atomic E-state index is -2.05. The van der Waals surface area contributed by atoms with Crippen molar-refractivity contribution in [2.45, 2.75) is 205 Å². The van der Waals surface area contributed by atoms with Crippen molar-refractivity contribution in [1.82, 2.24) is 56.8 Å². The summed E-state index contributed by atoms with van der Waals surface area (Å²) in [5.41, 5.74) is -4.15. The van der Waals surface area contributed by atoms with Gasteiger partial charge in [0.05, 0.1) is 69.5 Å². The number of allylic oxidation sites excluding steroid dienone is 2. The number of Topliss-reactive ketones (excluding diaryl/α,β-unsaturated/α-hetero) is 4. The maximum absolute atomic E-state index is 15.4. The van der Waals surface area contributed by atoms with Crippen LogP contribution in [0.5, 0.6) is 0 Å². The zero-order valence-corrected chi connectivity index (χ0v) is 64.5. The number of fused-ring (bicyclic) bond motifs is 7. The van der Waals surface area contributed by atoms with E-state index in [-0.39, 0.29) is 113 Å². The highest BCUT2D eigenvalue weighted by Crippen LogP contribution is 2.48. The Morgan fingerprint density at radius 1 is 0.783 bits per heavy atom. The maximum atomic E-state index is 15.4. The van der Waals surface area contributed by atoms with Crippen LogP contribution in [-0.4, -0.2) is 174 Å². The molecule has 29 nitrogen and oxygen atoms in total. The van der Waals surface area contributed by atoms with Crippen LogP contribution in [0.25, 0.3) is 6.08 Å². The summed E-state index contributed by atoms with van der Waals surface area (Å²) < 4.78 is 6.30. The maximum Gasteiger partial charge on any atom is 0.357 e. The molecule has 17 atom stereocenters. The molecule has 11 N–H and O–H groups in total. The second-order valence-corrected chi connectivity index (χ2v) is 32.5. The van der Waals surface area contributed by atoms with Crippen LogP contribution in [0.3, 0.4) is 0 Å². The van der Waals surface area contributed by atoms with Crippen LogP contribution in [0.15, 0.2) is 67.7 Å². The Morgan fingerprint density at radius 3 is 2.15 bits per heavy atom. The number of cyclic esters (lactones) is 1. The van der Waals surface area contributed by atoms with Gasteiger partial charge in [-0.25, -0.2) is 29.7 Å². The minimum Gasteiger partial charge on any atom is -0.455 e. The summed E-state index contributed by atoms with van der Waals surface area (Å²) in [6.07, 6.45) is -3.51. The number of thiazole rings is 4. The van der Waals surface area contributed by atoms with Crippen LogP contribution >= 0.6 is 57.1 Å². The number of ketones is 4. The molecule has 4 aliphatic heterocycles. The monoisotopic (exact) mass is 1550 g/mol. The third-order valence-electron chi connectivity index (χ3n) is 19.8. The Balaban J connectivity index is 1.18. The van der Waals surface area contributed by atoms with E-state index < -0.39 is 167 Å². The van der Waals surface area contributed by atoms with Crippen molar-refractivity contribution >= 4 is 133 Å². The van der Waals surface area contributed by atoms with E-state index >= 15 is 14.4 Å². The highest BCUT2D eigenvalue weighted by molar-refractivity contribution is 8.14. The number of carbonyl (C=O) groups is 10. The van der Waals surface area contributed by atoms with E-state index in [0.29, 0.717) is 17.1 Å². The second-order valence-electron chi connectivity index (χ2n) is 28.0. The largest absolute Gasteiger partial charge is 0.455 e. The number of amides is 5. The van der Waals surface area contributed by atoms with Crippen LogP contribution in [0, 0.1) is 23.7 Å². The first-order valence-electron chi connectivity index (χ1n) is 34.8. The van der Waals surface area contributed by atoms with Crippen molar-refractivity contribution in [2.75, 3.05) is 5.75 Å². The number of rotatable bonds is 9. The van der Waals surface area contributed by atoms with Crippen LogP contribution < -0.4 is 31.9 Å². The second kappa shape index (κ2) is 33.1. The summed E-state index contributed by atoms with van der Waals surface area (Å²) in [6, 6.07) is -6.27. The molecule has 0 saturated heterocycles. The number of nitrogens with zero attached hydrogens (tertiary/aromatic N) is 7. The van der Waals surface area contributed by atoms with Crippen molar-refractivity contribution in [1.29, 1.82) is 0 Å². The lowest BCUT2D eigenvalue weighted by Gasteiger charge is -2.41. The molecule has 5 aromatic rings. The van der Waals surface area contributed by atoms with Gasteiger partial charge < -0.3 is 56.9 Å². The van der Waals surface area contributed by atoms with Crippen LogP contribution in [0.2, 0.25) is 0 Å². The smallest absolute Gasteiger partial charge is 0.357 e. The van der Waals surface area contributed by atoms with Gasteiger partial charge in [0.25, 0.3) is 11.8 Å². The first-order chi connectivity index (χ1) is 50.0. The van der Waals surface area contributed by atoms with E-state index in [0.717, 1.165) is 57.1 Å². The van der Waals surface area contributed by atoms with Gasteiger partial charge in [-0.3, -0.25) is 58.5 Å². The summed E-state index contributed by atoms with van der Waals surface area (Å²) in [6.45, 7) is 22.4. The fourth-order valence-corrected chi connectivity index (χ4v) is 17.8. The number of aliphatic hydroxyl groups excluding tert-OH is 4. The Hall–Kier alpha value is -8.16. The van der Waals surface area contributed by atoms with Gasteiger partial charge in [0.15, 0.2) is 23.1 Å². The molecule has 106 heavy (non-hydrogen) atoms. The number of aliphatic imine (C=N–C) groups is 2. The summed E-state index contributed by atoms with van der Waals surface area (Å²) in [7, 11) is 0. The number of aliphatic hydroxyl groups is 5. The molecule has 5 aliphatic rings. The van der Waals surface area contributed by atoms with Gasteiger partial charge in [-0.15, -0.1) is 57.1 Å². The van der Waals surface area contributed by atoms with E-state index in [1.807, 2.05) is 13.8 Å². The molecule has 0 aromatic carbocycles. The number of nitrogens with one attached hydrogen (secondary N) is 6.